The van der Waals surface area contributed by atoms with Crippen LogP contribution < -0.4 is 0 Å². The molecule has 0 saturated carbocycles. The van der Waals surface area contributed by atoms with Crippen molar-refractivity contribution < 1.29 is 9.26 Å². The summed E-state index contributed by atoms with van der Waals surface area (Å²) in [5.74, 6) is 7.85. The normalized spacial score (nSPS) is 17.4. The lowest BCUT2D eigenvalue weighted by molar-refractivity contribution is -0.191. The minimum Gasteiger partial charge on any atom is -0.380 e. The van der Waals surface area contributed by atoms with Crippen LogP contribution in [0.4, 0.5) is 0 Å². The monoisotopic (exact) mass is 388 g/mol. The third-order valence-electron chi connectivity index (χ3n) is 5.63. The van der Waals surface area contributed by atoms with Gasteiger partial charge >= 0.3 is 0 Å². The van der Waals surface area contributed by atoms with Crippen molar-refractivity contribution in [2.45, 2.75) is 26.4 Å². The molecule has 0 amide bonds. The SMILES string of the molecule is CCc1nccn1Cc1cc(C#Cc2ccc(CN3CC4(COC4)C3)cc2)on1. The fourth-order valence-electron chi connectivity index (χ4n) is 4.09. The van der Waals surface area contributed by atoms with Gasteiger partial charge in [-0.2, -0.15) is 0 Å². The molecule has 6 nitrogen and oxygen atoms in total. The highest BCUT2D eigenvalue weighted by atomic mass is 16.5. The number of hydrogen-bond donors (Lipinski definition) is 0. The van der Waals surface area contributed by atoms with Gasteiger partial charge in [-0.15, -0.1) is 0 Å². The smallest absolute Gasteiger partial charge is 0.210 e. The molecule has 2 aromatic heterocycles. The van der Waals surface area contributed by atoms with Crippen LogP contribution in [0.25, 0.3) is 0 Å². The molecule has 2 saturated heterocycles. The number of benzene rings is 1. The molecule has 0 atom stereocenters. The third kappa shape index (κ3) is 3.84. The van der Waals surface area contributed by atoms with Gasteiger partial charge in [-0.1, -0.05) is 30.1 Å². The molecule has 6 heteroatoms. The second-order valence-corrected chi connectivity index (χ2v) is 8.09. The van der Waals surface area contributed by atoms with Crippen LogP contribution in [0.15, 0.2) is 47.2 Å². The molecule has 5 rings (SSSR count). The molecule has 0 N–H and O–H groups in total. The zero-order valence-electron chi connectivity index (χ0n) is 16.6. The number of aromatic nitrogens is 3. The lowest BCUT2D eigenvalue weighted by Gasteiger charge is -2.55. The van der Waals surface area contributed by atoms with Gasteiger partial charge in [0.2, 0.25) is 5.76 Å². The number of ether oxygens (including phenoxy) is 1. The van der Waals surface area contributed by atoms with Gasteiger partial charge in [-0.25, -0.2) is 4.98 Å². The van der Waals surface area contributed by atoms with E-state index in [1.807, 2.05) is 18.5 Å². The van der Waals surface area contributed by atoms with Crippen molar-refractivity contribution in [3.05, 3.63) is 71.1 Å². The molecule has 0 aliphatic carbocycles. The lowest BCUT2D eigenvalue weighted by atomic mass is 9.78. The topological polar surface area (TPSA) is 56.3 Å². The molecule has 148 valence electrons. The summed E-state index contributed by atoms with van der Waals surface area (Å²) < 4.78 is 12.8. The second kappa shape index (κ2) is 7.51. The van der Waals surface area contributed by atoms with Crippen LogP contribution in [-0.2, 0) is 24.2 Å². The van der Waals surface area contributed by atoms with Crippen LogP contribution >= 0.6 is 0 Å². The minimum atomic E-state index is 0.470. The first-order chi connectivity index (χ1) is 14.2. The lowest BCUT2D eigenvalue weighted by Crippen LogP contribution is -2.65. The van der Waals surface area contributed by atoms with Crippen molar-refractivity contribution in [1.29, 1.82) is 0 Å². The molecule has 0 bridgehead atoms. The molecular weight excluding hydrogens is 364 g/mol. The highest BCUT2D eigenvalue weighted by Gasteiger charge is 2.48. The number of likely N-dealkylation sites (tertiary alicyclic amines) is 1. The maximum Gasteiger partial charge on any atom is 0.210 e. The predicted octanol–water partition coefficient (Wildman–Crippen LogP) is 2.71. The fourth-order valence-corrected chi connectivity index (χ4v) is 4.09. The fraction of sp³-hybridized carbons (Fsp3) is 0.391. The van der Waals surface area contributed by atoms with E-state index in [-0.39, 0.29) is 0 Å². The predicted molar refractivity (Wildman–Crippen MR) is 108 cm³/mol. The summed E-state index contributed by atoms with van der Waals surface area (Å²) in [6.07, 6.45) is 4.66. The van der Waals surface area contributed by atoms with E-state index in [2.05, 4.69) is 62.6 Å². The van der Waals surface area contributed by atoms with Crippen LogP contribution in [0.2, 0.25) is 0 Å². The van der Waals surface area contributed by atoms with E-state index in [1.54, 1.807) is 0 Å². The maximum atomic E-state index is 5.37. The molecule has 2 aliphatic rings. The Morgan fingerprint density at radius 3 is 2.66 bits per heavy atom. The molecule has 0 unspecified atom stereocenters. The van der Waals surface area contributed by atoms with Crippen molar-refractivity contribution in [3.63, 3.8) is 0 Å². The van der Waals surface area contributed by atoms with Gasteiger partial charge in [-0.05, 0) is 23.6 Å². The summed E-state index contributed by atoms with van der Waals surface area (Å²) in [5, 5.41) is 4.12. The van der Waals surface area contributed by atoms with Crippen LogP contribution in [0.1, 0.15) is 35.3 Å². The number of hydrogen-bond acceptors (Lipinski definition) is 5. The van der Waals surface area contributed by atoms with Crippen LogP contribution in [0.3, 0.4) is 0 Å². The first-order valence-corrected chi connectivity index (χ1v) is 10.1. The molecule has 29 heavy (non-hydrogen) atoms. The van der Waals surface area contributed by atoms with Gasteiger partial charge in [0.05, 0.1) is 19.8 Å². The molecule has 1 spiro atoms. The summed E-state index contributed by atoms with van der Waals surface area (Å²) in [6, 6.07) is 10.3. The van der Waals surface area contributed by atoms with Crippen LogP contribution in [0, 0.1) is 17.3 Å². The molecule has 3 aromatic rings. The Kier molecular flexibility index (Phi) is 4.70. The van der Waals surface area contributed by atoms with Gasteiger partial charge in [0, 0.05) is 55.5 Å². The van der Waals surface area contributed by atoms with Crippen LogP contribution in [-0.4, -0.2) is 45.9 Å². The molecule has 1 aromatic carbocycles. The summed E-state index contributed by atoms with van der Waals surface area (Å²) in [5.41, 5.74) is 3.61. The van der Waals surface area contributed by atoms with E-state index in [9.17, 15) is 0 Å². The van der Waals surface area contributed by atoms with Crippen molar-refractivity contribution >= 4 is 0 Å². The third-order valence-corrected chi connectivity index (χ3v) is 5.63. The Balaban J connectivity index is 1.18. The van der Waals surface area contributed by atoms with Gasteiger partial charge in [0.25, 0.3) is 0 Å². The van der Waals surface area contributed by atoms with E-state index in [4.69, 9.17) is 9.26 Å². The van der Waals surface area contributed by atoms with Gasteiger partial charge in [0.1, 0.15) is 11.5 Å². The maximum absolute atomic E-state index is 5.37. The molecule has 2 fully saturated rings. The number of imidazole rings is 1. The summed E-state index contributed by atoms with van der Waals surface area (Å²) in [7, 11) is 0. The quantitative estimate of drug-likeness (QED) is 0.629. The number of rotatable bonds is 5. The Morgan fingerprint density at radius 1 is 1.10 bits per heavy atom. The average Bonchev–Trinajstić information content (AvgIpc) is 3.31. The largest absolute Gasteiger partial charge is 0.380 e. The Labute approximate surface area is 170 Å². The summed E-state index contributed by atoms with van der Waals surface area (Å²) in [4.78, 5) is 6.81. The highest BCUT2D eigenvalue weighted by molar-refractivity contribution is 5.40. The van der Waals surface area contributed by atoms with Gasteiger partial charge in [0.15, 0.2) is 0 Å². The summed E-state index contributed by atoms with van der Waals surface area (Å²) in [6.45, 7) is 7.91. The van der Waals surface area contributed by atoms with Crippen molar-refractivity contribution in [2.75, 3.05) is 26.3 Å². The molecular formula is C23H24N4O2. The Morgan fingerprint density at radius 2 is 1.93 bits per heavy atom. The number of aryl methyl sites for hydroxylation is 1. The average molecular weight is 388 g/mol. The first kappa shape index (κ1) is 18.2. The minimum absolute atomic E-state index is 0.470. The van der Waals surface area contributed by atoms with E-state index in [0.717, 1.165) is 56.4 Å². The van der Waals surface area contributed by atoms with E-state index >= 15 is 0 Å². The zero-order chi connectivity index (χ0) is 19.7. The standard InChI is InChI=1S/C23H24N4O2/c1-2-22-24-9-10-27(22)13-20-11-21(29-25-20)8-7-18-3-5-19(6-4-18)12-26-14-23(15-26)16-28-17-23/h3-6,9-11H,2,12-17H2,1H3. The van der Waals surface area contributed by atoms with Crippen molar-refractivity contribution in [2.24, 2.45) is 5.41 Å². The van der Waals surface area contributed by atoms with Crippen LogP contribution in [0.5, 0.6) is 0 Å². The van der Waals surface area contributed by atoms with E-state index in [0.29, 0.717) is 17.7 Å². The number of nitrogens with zero attached hydrogens (tertiary/aromatic N) is 4. The molecule has 0 radical (unpaired) electrons. The second-order valence-electron chi connectivity index (χ2n) is 8.09. The van der Waals surface area contributed by atoms with Crippen molar-refractivity contribution in [1.82, 2.24) is 19.6 Å². The van der Waals surface area contributed by atoms with Gasteiger partial charge < -0.3 is 13.8 Å². The Bertz CT molecular complexity index is 1040. The molecule has 2 aliphatic heterocycles. The Hall–Kier alpha value is -2.88. The van der Waals surface area contributed by atoms with Crippen molar-refractivity contribution in [3.8, 4) is 11.8 Å². The first-order valence-electron chi connectivity index (χ1n) is 10.1. The molecule has 4 heterocycles. The zero-order valence-corrected chi connectivity index (χ0v) is 16.6. The van der Waals surface area contributed by atoms with Gasteiger partial charge in [-0.3, -0.25) is 4.90 Å². The highest BCUT2D eigenvalue weighted by Crippen LogP contribution is 2.38. The van der Waals surface area contributed by atoms with E-state index in [1.165, 1.54) is 5.56 Å². The summed E-state index contributed by atoms with van der Waals surface area (Å²) >= 11 is 0. The van der Waals surface area contributed by atoms with E-state index < -0.39 is 0 Å².